The summed E-state index contributed by atoms with van der Waals surface area (Å²) >= 11 is 0. The van der Waals surface area contributed by atoms with Crippen LogP contribution in [0.2, 0.25) is 0 Å². The summed E-state index contributed by atoms with van der Waals surface area (Å²) in [4.78, 5) is 0. The molecule has 0 bridgehead atoms. The second-order valence-electron chi connectivity index (χ2n) is 4.92. The van der Waals surface area contributed by atoms with E-state index in [1.54, 1.807) is 19.2 Å². The number of H-pyrrole nitrogens is 1. The van der Waals surface area contributed by atoms with Crippen LogP contribution in [0.5, 0.6) is 11.6 Å². The van der Waals surface area contributed by atoms with E-state index in [4.69, 9.17) is 14.7 Å². The molecule has 0 radical (unpaired) electrons. The van der Waals surface area contributed by atoms with Crippen molar-refractivity contribution in [2.45, 2.75) is 6.61 Å². The zero-order valence-corrected chi connectivity index (χ0v) is 12.6. The summed E-state index contributed by atoms with van der Waals surface area (Å²) in [5.41, 5.74) is 3.37. The van der Waals surface area contributed by atoms with E-state index in [2.05, 4.69) is 16.3 Å². The van der Waals surface area contributed by atoms with Gasteiger partial charge < -0.3 is 9.47 Å². The lowest BCUT2D eigenvalue weighted by Crippen LogP contribution is -1.95. The van der Waals surface area contributed by atoms with Gasteiger partial charge in [-0.05, 0) is 29.8 Å². The van der Waals surface area contributed by atoms with Crippen LogP contribution in [-0.4, -0.2) is 17.3 Å². The Hall–Kier alpha value is -3.26. The molecule has 114 valence electrons. The summed E-state index contributed by atoms with van der Waals surface area (Å²) in [6.45, 7) is 0.391. The third-order valence-corrected chi connectivity index (χ3v) is 3.42. The first-order chi connectivity index (χ1) is 11.3. The van der Waals surface area contributed by atoms with Crippen molar-refractivity contribution in [2.24, 2.45) is 0 Å². The maximum Gasteiger partial charge on any atom is 0.233 e. The summed E-state index contributed by atoms with van der Waals surface area (Å²) < 4.78 is 11.0. The molecule has 5 nitrogen and oxygen atoms in total. The third kappa shape index (κ3) is 3.33. The van der Waals surface area contributed by atoms with Crippen molar-refractivity contribution in [1.29, 1.82) is 5.26 Å². The number of nitriles is 1. The highest BCUT2D eigenvalue weighted by molar-refractivity contribution is 5.67. The molecule has 0 aliphatic rings. The number of ether oxygens (including phenoxy) is 2. The van der Waals surface area contributed by atoms with Gasteiger partial charge in [-0.15, -0.1) is 5.10 Å². The van der Waals surface area contributed by atoms with Crippen LogP contribution in [0.3, 0.4) is 0 Å². The number of hydrogen-bond acceptors (Lipinski definition) is 4. The summed E-state index contributed by atoms with van der Waals surface area (Å²) in [6.07, 6.45) is 0. The highest BCUT2D eigenvalue weighted by Crippen LogP contribution is 2.29. The Morgan fingerprint density at radius 3 is 2.65 bits per heavy atom. The third-order valence-electron chi connectivity index (χ3n) is 3.42. The van der Waals surface area contributed by atoms with Crippen LogP contribution >= 0.6 is 0 Å². The van der Waals surface area contributed by atoms with Gasteiger partial charge in [0.1, 0.15) is 12.4 Å². The van der Waals surface area contributed by atoms with Crippen molar-refractivity contribution in [3.8, 4) is 29.0 Å². The summed E-state index contributed by atoms with van der Waals surface area (Å²) in [5.74, 6) is 1.28. The van der Waals surface area contributed by atoms with E-state index < -0.39 is 0 Å². The number of rotatable bonds is 5. The van der Waals surface area contributed by atoms with Crippen LogP contribution in [0.1, 0.15) is 11.1 Å². The van der Waals surface area contributed by atoms with E-state index in [0.717, 1.165) is 22.6 Å². The highest BCUT2D eigenvalue weighted by atomic mass is 16.5. The smallest absolute Gasteiger partial charge is 0.233 e. The molecular weight excluding hydrogens is 290 g/mol. The number of hydrogen-bond donors (Lipinski definition) is 1. The van der Waals surface area contributed by atoms with Crippen LogP contribution in [0.4, 0.5) is 0 Å². The Bertz CT molecular complexity index is 832. The molecule has 3 aromatic rings. The molecule has 0 saturated heterocycles. The molecule has 0 unspecified atom stereocenters. The van der Waals surface area contributed by atoms with Gasteiger partial charge in [0, 0.05) is 11.6 Å². The molecule has 5 heteroatoms. The molecular formula is C18H15N3O2. The van der Waals surface area contributed by atoms with E-state index in [1.807, 2.05) is 42.5 Å². The SMILES string of the molecule is COc1ccccc1-c1cc(OCc2ccc(C#N)cc2)n[nH]1. The molecule has 0 saturated carbocycles. The van der Waals surface area contributed by atoms with Crippen LogP contribution in [-0.2, 0) is 6.61 Å². The number of nitrogens with one attached hydrogen (secondary N) is 1. The van der Waals surface area contributed by atoms with Gasteiger partial charge in [0.15, 0.2) is 0 Å². The van der Waals surface area contributed by atoms with Gasteiger partial charge in [-0.2, -0.15) is 5.26 Å². The van der Waals surface area contributed by atoms with Crippen molar-refractivity contribution >= 4 is 0 Å². The molecule has 1 heterocycles. The van der Waals surface area contributed by atoms with Crippen molar-refractivity contribution in [3.63, 3.8) is 0 Å². The predicted octanol–water partition coefficient (Wildman–Crippen LogP) is 3.54. The van der Waals surface area contributed by atoms with Crippen molar-refractivity contribution in [3.05, 3.63) is 65.7 Å². The minimum absolute atomic E-state index is 0.391. The van der Waals surface area contributed by atoms with E-state index in [-0.39, 0.29) is 0 Å². The van der Waals surface area contributed by atoms with Gasteiger partial charge in [0.25, 0.3) is 0 Å². The lowest BCUT2D eigenvalue weighted by molar-refractivity contribution is 0.293. The Morgan fingerprint density at radius 2 is 1.91 bits per heavy atom. The lowest BCUT2D eigenvalue weighted by Gasteiger charge is -2.05. The Labute approximate surface area is 134 Å². The topological polar surface area (TPSA) is 70.9 Å². The summed E-state index contributed by atoms with van der Waals surface area (Å²) in [5, 5.41) is 15.9. The second-order valence-corrected chi connectivity index (χ2v) is 4.92. The molecule has 2 aromatic carbocycles. The molecule has 0 spiro atoms. The normalized spacial score (nSPS) is 10.1. The van der Waals surface area contributed by atoms with Gasteiger partial charge in [-0.25, -0.2) is 0 Å². The van der Waals surface area contributed by atoms with Crippen LogP contribution in [0.15, 0.2) is 54.6 Å². The first kappa shape index (κ1) is 14.7. The fourth-order valence-electron chi connectivity index (χ4n) is 2.22. The zero-order valence-electron chi connectivity index (χ0n) is 12.6. The monoisotopic (exact) mass is 305 g/mol. The average molecular weight is 305 g/mol. The van der Waals surface area contributed by atoms with Crippen molar-refractivity contribution in [1.82, 2.24) is 10.2 Å². The first-order valence-electron chi connectivity index (χ1n) is 7.11. The molecule has 1 aromatic heterocycles. The fourth-order valence-corrected chi connectivity index (χ4v) is 2.22. The number of para-hydroxylation sites is 1. The van der Waals surface area contributed by atoms with Crippen molar-refractivity contribution < 1.29 is 9.47 Å². The van der Waals surface area contributed by atoms with Gasteiger partial charge in [0.2, 0.25) is 5.88 Å². The molecule has 0 aliphatic heterocycles. The molecule has 0 fully saturated rings. The molecule has 3 rings (SSSR count). The largest absolute Gasteiger partial charge is 0.496 e. The minimum Gasteiger partial charge on any atom is -0.496 e. The zero-order chi connectivity index (χ0) is 16.1. The predicted molar refractivity (Wildman–Crippen MR) is 86.1 cm³/mol. The van der Waals surface area contributed by atoms with E-state index in [0.29, 0.717) is 18.1 Å². The molecule has 1 N–H and O–H groups in total. The van der Waals surface area contributed by atoms with Crippen LogP contribution in [0.25, 0.3) is 11.3 Å². The summed E-state index contributed by atoms with van der Waals surface area (Å²) in [7, 11) is 1.64. The average Bonchev–Trinajstić information content (AvgIpc) is 3.09. The number of aromatic nitrogens is 2. The standard InChI is InChI=1S/C18H15N3O2/c1-22-17-5-3-2-4-15(17)16-10-18(21-20-16)23-12-14-8-6-13(11-19)7-9-14/h2-10H,12H2,1H3,(H,20,21). The van der Waals surface area contributed by atoms with Gasteiger partial charge in [-0.1, -0.05) is 24.3 Å². The van der Waals surface area contributed by atoms with E-state index in [9.17, 15) is 0 Å². The number of benzene rings is 2. The number of aromatic amines is 1. The maximum absolute atomic E-state index is 8.78. The van der Waals surface area contributed by atoms with Gasteiger partial charge in [-0.3, -0.25) is 5.10 Å². The number of methoxy groups -OCH3 is 1. The Kier molecular flexibility index (Phi) is 4.25. The Balaban J connectivity index is 1.71. The van der Waals surface area contributed by atoms with Crippen LogP contribution < -0.4 is 9.47 Å². The lowest BCUT2D eigenvalue weighted by atomic mass is 10.1. The van der Waals surface area contributed by atoms with E-state index in [1.165, 1.54) is 0 Å². The van der Waals surface area contributed by atoms with Gasteiger partial charge in [0.05, 0.1) is 24.4 Å². The summed E-state index contributed by atoms with van der Waals surface area (Å²) in [6, 6.07) is 18.9. The molecule has 23 heavy (non-hydrogen) atoms. The first-order valence-corrected chi connectivity index (χ1v) is 7.11. The van der Waals surface area contributed by atoms with E-state index >= 15 is 0 Å². The second kappa shape index (κ2) is 6.67. The van der Waals surface area contributed by atoms with Gasteiger partial charge >= 0.3 is 0 Å². The molecule has 0 aliphatic carbocycles. The highest BCUT2D eigenvalue weighted by Gasteiger charge is 2.09. The molecule has 0 atom stereocenters. The number of nitrogens with zero attached hydrogens (tertiary/aromatic N) is 2. The minimum atomic E-state index is 0.391. The van der Waals surface area contributed by atoms with Crippen molar-refractivity contribution in [2.75, 3.05) is 7.11 Å². The quantitative estimate of drug-likeness (QED) is 0.782. The fraction of sp³-hybridized carbons (Fsp3) is 0.111. The maximum atomic E-state index is 8.78. The Morgan fingerprint density at radius 1 is 1.13 bits per heavy atom. The van der Waals surface area contributed by atoms with Crippen LogP contribution in [0, 0.1) is 11.3 Å². The molecule has 0 amide bonds.